The van der Waals surface area contributed by atoms with Gasteiger partial charge in [-0.3, -0.25) is 9.69 Å². The number of carbonyl (C=O) groups excluding carboxylic acids is 1. The second-order valence-electron chi connectivity index (χ2n) is 3.46. The van der Waals surface area contributed by atoms with Crippen molar-refractivity contribution >= 4 is 28.8 Å². The number of hydrogen-bond acceptors (Lipinski definition) is 4. The SMILES string of the molecule is CCCN(CC(=O)NC)Cc1cnc(Cl)s1. The third-order valence-electron chi connectivity index (χ3n) is 2.09. The fourth-order valence-electron chi connectivity index (χ4n) is 1.39. The van der Waals surface area contributed by atoms with E-state index in [-0.39, 0.29) is 5.91 Å². The van der Waals surface area contributed by atoms with Gasteiger partial charge in [0.15, 0.2) is 4.47 Å². The van der Waals surface area contributed by atoms with Crippen molar-refractivity contribution in [2.24, 2.45) is 0 Å². The number of rotatable bonds is 6. The van der Waals surface area contributed by atoms with Gasteiger partial charge in [-0.15, -0.1) is 11.3 Å². The van der Waals surface area contributed by atoms with Gasteiger partial charge in [0, 0.05) is 24.7 Å². The molecule has 0 aliphatic heterocycles. The Hall–Kier alpha value is -0.650. The Morgan fingerprint density at radius 2 is 2.44 bits per heavy atom. The number of halogens is 1. The molecule has 0 saturated heterocycles. The maximum absolute atomic E-state index is 11.3. The highest BCUT2D eigenvalue weighted by Crippen LogP contribution is 2.19. The van der Waals surface area contributed by atoms with Crippen LogP contribution >= 0.6 is 22.9 Å². The van der Waals surface area contributed by atoms with Crippen LogP contribution in [0.25, 0.3) is 0 Å². The molecule has 0 saturated carbocycles. The maximum atomic E-state index is 11.3. The Balaban J connectivity index is 2.53. The minimum atomic E-state index is 0.0315. The number of likely N-dealkylation sites (N-methyl/N-ethyl adjacent to an activating group) is 1. The highest BCUT2D eigenvalue weighted by Gasteiger charge is 2.10. The van der Waals surface area contributed by atoms with Crippen LogP contribution in [0.4, 0.5) is 0 Å². The molecule has 16 heavy (non-hydrogen) atoms. The molecule has 0 unspecified atom stereocenters. The van der Waals surface area contributed by atoms with Gasteiger partial charge in [0.2, 0.25) is 5.91 Å². The molecule has 0 fully saturated rings. The quantitative estimate of drug-likeness (QED) is 0.849. The molecule has 1 rings (SSSR count). The van der Waals surface area contributed by atoms with Crippen LogP contribution in [0.2, 0.25) is 4.47 Å². The van der Waals surface area contributed by atoms with Gasteiger partial charge < -0.3 is 5.32 Å². The molecule has 1 heterocycles. The first-order valence-corrected chi connectivity index (χ1v) is 6.38. The lowest BCUT2D eigenvalue weighted by molar-refractivity contribution is -0.121. The van der Waals surface area contributed by atoms with Crippen LogP contribution in [0.15, 0.2) is 6.20 Å². The smallest absolute Gasteiger partial charge is 0.233 e. The fourth-order valence-corrected chi connectivity index (χ4v) is 2.41. The normalized spacial score (nSPS) is 10.8. The lowest BCUT2D eigenvalue weighted by atomic mass is 10.3. The van der Waals surface area contributed by atoms with Gasteiger partial charge in [0.05, 0.1) is 6.54 Å². The van der Waals surface area contributed by atoms with E-state index in [1.165, 1.54) is 11.3 Å². The highest BCUT2D eigenvalue weighted by atomic mass is 35.5. The first-order valence-electron chi connectivity index (χ1n) is 5.18. The summed E-state index contributed by atoms with van der Waals surface area (Å²) in [4.78, 5) is 18.5. The number of hydrogen-bond donors (Lipinski definition) is 1. The maximum Gasteiger partial charge on any atom is 0.233 e. The number of aromatic nitrogens is 1. The summed E-state index contributed by atoms with van der Waals surface area (Å²) in [7, 11) is 1.65. The summed E-state index contributed by atoms with van der Waals surface area (Å²) in [5, 5.41) is 2.63. The van der Waals surface area contributed by atoms with Gasteiger partial charge in [0.1, 0.15) is 0 Å². The lowest BCUT2D eigenvalue weighted by Gasteiger charge is -2.19. The monoisotopic (exact) mass is 261 g/mol. The topological polar surface area (TPSA) is 45.2 Å². The van der Waals surface area contributed by atoms with E-state index in [9.17, 15) is 4.79 Å². The summed E-state index contributed by atoms with van der Waals surface area (Å²) in [5.74, 6) is 0.0315. The Morgan fingerprint density at radius 1 is 1.69 bits per heavy atom. The van der Waals surface area contributed by atoms with Crippen molar-refractivity contribution in [2.75, 3.05) is 20.1 Å². The van der Waals surface area contributed by atoms with Gasteiger partial charge >= 0.3 is 0 Å². The van der Waals surface area contributed by atoms with Gasteiger partial charge in [-0.25, -0.2) is 4.98 Å². The average Bonchev–Trinajstić information content (AvgIpc) is 2.64. The van der Waals surface area contributed by atoms with E-state index in [0.29, 0.717) is 11.0 Å². The highest BCUT2D eigenvalue weighted by molar-refractivity contribution is 7.15. The lowest BCUT2D eigenvalue weighted by Crippen LogP contribution is -2.35. The Labute approximate surface area is 105 Å². The van der Waals surface area contributed by atoms with E-state index < -0.39 is 0 Å². The van der Waals surface area contributed by atoms with E-state index in [1.807, 2.05) is 0 Å². The number of amides is 1. The third-order valence-corrected chi connectivity index (χ3v) is 3.19. The molecule has 0 aliphatic rings. The molecule has 0 bridgehead atoms. The van der Waals surface area contributed by atoms with Crippen LogP contribution < -0.4 is 5.32 Å². The molecule has 4 nitrogen and oxygen atoms in total. The van der Waals surface area contributed by atoms with Gasteiger partial charge in [-0.2, -0.15) is 0 Å². The van der Waals surface area contributed by atoms with Crippen molar-refractivity contribution in [1.82, 2.24) is 15.2 Å². The minimum absolute atomic E-state index is 0.0315. The van der Waals surface area contributed by atoms with Crippen molar-refractivity contribution in [3.8, 4) is 0 Å². The van der Waals surface area contributed by atoms with Gasteiger partial charge in [0.25, 0.3) is 0 Å². The summed E-state index contributed by atoms with van der Waals surface area (Å²) < 4.78 is 0.548. The van der Waals surface area contributed by atoms with Gasteiger partial charge in [-0.1, -0.05) is 18.5 Å². The Bertz CT molecular complexity index is 343. The second kappa shape index (κ2) is 6.83. The van der Waals surface area contributed by atoms with Crippen molar-refractivity contribution in [1.29, 1.82) is 0 Å². The fraction of sp³-hybridized carbons (Fsp3) is 0.600. The molecular weight excluding hydrogens is 246 g/mol. The molecule has 6 heteroatoms. The van der Waals surface area contributed by atoms with Crippen LogP contribution in [0, 0.1) is 0 Å². The predicted octanol–water partition coefficient (Wildman–Crippen LogP) is 1.75. The molecule has 1 aromatic rings. The van der Waals surface area contributed by atoms with Gasteiger partial charge in [-0.05, 0) is 13.0 Å². The number of nitrogens with zero attached hydrogens (tertiary/aromatic N) is 2. The zero-order valence-electron chi connectivity index (χ0n) is 9.49. The Morgan fingerprint density at radius 3 is 2.94 bits per heavy atom. The molecule has 0 aliphatic carbocycles. The zero-order valence-corrected chi connectivity index (χ0v) is 11.1. The number of nitrogens with one attached hydrogen (secondary N) is 1. The van der Waals surface area contributed by atoms with E-state index in [0.717, 1.165) is 24.4 Å². The van der Waals surface area contributed by atoms with Crippen LogP contribution in [-0.4, -0.2) is 35.9 Å². The first-order chi connectivity index (χ1) is 7.65. The molecule has 0 atom stereocenters. The van der Waals surface area contributed by atoms with Crippen molar-refractivity contribution in [3.05, 3.63) is 15.5 Å². The summed E-state index contributed by atoms with van der Waals surface area (Å²) in [6.45, 7) is 4.13. The van der Waals surface area contributed by atoms with E-state index in [1.54, 1.807) is 13.2 Å². The largest absolute Gasteiger partial charge is 0.358 e. The molecule has 90 valence electrons. The number of thiazole rings is 1. The van der Waals surface area contributed by atoms with E-state index in [4.69, 9.17) is 11.6 Å². The van der Waals surface area contributed by atoms with Crippen molar-refractivity contribution in [2.45, 2.75) is 19.9 Å². The van der Waals surface area contributed by atoms with Crippen LogP contribution in [0.5, 0.6) is 0 Å². The molecule has 0 radical (unpaired) electrons. The standard InChI is InChI=1S/C10H16ClN3OS/c1-3-4-14(7-9(15)12-2)6-8-5-13-10(11)16-8/h5H,3-4,6-7H2,1-2H3,(H,12,15). The molecule has 1 amide bonds. The van der Waals surface area contributed by atoms with Crippen LogP contribution in [-0.2, 0) is 11.3 Å². The molecular formula is C10H16ClN3OS. The summed E-state index contributed by atoms with van der Waals surface area (Å²) in [6.07, 6.45) is 2.78. The number of carbonyl (C=O) groups is 1. The Kier molecular flexibility index (Phi) is 5.73. The van der Waals surface area contributed by atoms with E-state index in [2.05, 4.69) is 22.1 Å². The predicted molar refractivity (Wildman–Crippen MR) is 66.8 cm³/mol. The van der Waals surface area contributed by atoms with Crippen LogP contribution in [0.3, 0.4) is 0 Å². The summed E-state index contributed by atoms with van der Waals surface area (Å²) in [5.41, 5.74) is 0. The first kappa shape index (κ1) is 13.4. The molecule has 0 aromatic carbocycles. The zero-order chi connectivity index (χ0) is 12.0. The molecule has 0 spiro atoms. The molecule has 1 aromatic heterocycles. The van der Waals surface area contributed by atoms with Crippen LogP contribution in [0.1, 0.15) is 18.2 Å². The second-order valence-corrected chi connectivity index (χ2v) is 5.16. The van der Waals surface area contributed by atoms with E-state index >= 15 is 0 Å². The summed E-state index contributed by atoms with van der Waals surface area (Å²) in [6, 6.07) is 0. The molecule has 1 N–H and O–H groups in total. The summed E-state index contributed by atoms with van der Waals surface area (Å²) >= 11 is 7.22. The third kappa shape index (κ3) is 4.47. The average molecular weight is 262 g/mol. The minimum Gasteiger partial charge on any atom is -0.358 e. The van der Waals surface area contributed by atoms with Crippen molar-refractivity contribution in [3.63, 3.8) is 0 Å². The van der Waals surface area contributed by atoms with Crippen molar-refractivity contribution < 1.29 is 4.79 Å².